The number of benzene rings is 2. The first-order valence-electron chi connectivity index (χ1n) is 8.87. The van der Waals surface area contributed by atoms with Crippen LogP contribution in [-0.2, 0) is 0 Å². The normalized spacial score (nSPS) is 15.2. The molecule has 0 radical (unpaired) electrons. The molecule has 0 unspecified atom stereocenters. The molecule has 3 aromatic rings. The molecule has 0 spiro atoms. The summed E-state index contributed by atoms with van der Waals surface area (Å²) in [4.78, 5) is 41.0. The quantitative estimate of drug-likeness (QED) is 0.698. The van der Waals surface area contributed by atoms with Crippen LogP contribution in [0, 0.1) is 0 Å². The van der Waals surface area contributed by atoms with Crippen LogP contribution in [0.1, 0.15) is 34.8 Å². The first-order chi connectivity index (χ1) is 13.1. The number of hydrogen-bond acceptors (Lipinski definition) is 3. The fourth-order valence-electron chi connectivity index (χ4n) is 3.77. The highest BCUT2D eigenvalue weighted by molar-refractivity contribution is 6.15. The number of aromatic nitrogens is 2. The van der Waals surface area contributed by atoms with Crippen molar-refractivity contribution in [2.24, 2.45) is 0 Å². The largest absolute Gasteiger partial charge is 0.465 e. The number of carbonyl (C=O) groups is 2. The molecule has 1 aliphatic rings. The van der Waals surface area contributed by atoms with Crippen LogP contribution in [0.3, 0.4) is 0 Å². The lowest BCUT2D eigenvalue weighted by atomic mass is 10.0. The molecule has 0 saturated carbocycles. The zero-order valence-electron chi connectivity index (χ0n) is 14.6. The minimum Gasteiger partial charge on any atom is -0.465 e. The van der Waals surface area contributed by atoms with E-state index in [1.807, 2.05) is 6.07 Å². The van der Waals surface area contributed by atoms with Crippen LogP contribution in [0.5, 0.6) is 0 Å². The third-order valence-electron chi connectivity index (χ3n) is 5.12. The van der Waals surface area contributed by atoms with Crippen LogP contribution >= 0.6 is 0 Å². The third-order valence-corrected chi connectivity index (χ3v) is 5.12. The number of rotatable bonds is 3. The van der Waals surface area contributed by atoms with Crippen LogP contribution in [-0.4, -0.2) is 44.5 Å². The van der Waals surface area contributed by atoms with Gasteiger partial charge in [-0.1, -0.05) is 36.4 Å². The number of nitrogens with one attached hydrogen (secondary N) is 1. The van der Waals surface area contributed by atoms with Crippen LogP contribution < -0.4 is 5.69 Å². The smallest absolute Gasteiger partial charge is 0.407 e. The molecule has 138 valence electrons. The van der Waals surface area contributed by atoms with E-state index in [9.17, 15) is 14.4 Å². The van der Waals surface area contributed by atoms with E-state index in [1.165, 1.54) is 4.90 Å². The summed E-state index contributed by atoms with van der Waals surface area (Å²) in [7, 11) is 0. The molecule has 4 rings (SSSR count). The van der Waals surface area contributed by atoms with Gasteiger partial charge in [-0.25, -0.2) is 9.59 Å². The van der Waals surface area contributed by atoms with Gasteiger partial charge in [-0.3, -0.25) is 9.36 Å². The molecule has 0 bridgehead atoms. The van der Waals surface area contributed by atoms with Crippen molar-refractivity contribution >= 4 is 22.9 Å². The predicted molar refractivity (Wildman–Crippen MR) is 100 cm³/mol. The Kier molecular flexibility index (Phi) is 4.27. The molecule has 2 N–H and O–H groups in total. The summed E-state index contributed by atoms with van der Waals surface area (Å²) in [5, 5.41) is 9.13. The summed E-state index contributed by atoms with van der Waals surface area (Å²) < 4.78 is 1.63. The zero-order chi connectivity index (χ0) is 19.0. The molecule has 7 nitrogen and oxygen atoms in total. The zero-order valence-corrected chi connectivity index (χ0v) is 14.6. The Hall–Kier alpha value is -3.35. The first kappa shape index (κ1) is 17.1. The van der Waals surface area contributed by atoms with Gasteiger partial charge in [-0.2, -0.15) is 0 Å². The maximum atomic E-state index is 13.0. The number of ketones is 1. The minimum atomic E-state index is -0.945. The number of H-pyrrole nitrogens is 1. The highest BCUT2D eigenvalue weighted by atomic mass is 16.4. The second kappa shape index (κ2) is 6.75. The number of amides is 1. The van der Waals surface area contributed by atoms with E-state index in [4.69, 9.17) is 5.11 Å². The number of likely N-dealkylation sites (tertiary alicyclic amines) is 1. The monoisotopic (exact) mass is 365 g/mol. The summed E-state index contributed by atoms with van der Waals surface area (Å²) in [6.07, 6.45) is 0.125. The Labute approximate surface area is 154 Å². The maximum absolute atomic E-state index is 13.0. The Balaban J connectivity index is 1.78. The summed E-state index contributed by atoms with van der Waals surface area (Å²) >= 11 is 0. The van der Waals surface area contributed by atoms with Crippen LogP contribution in [0.15, 0.2) is 53.3 Å². The molecule has 0 atom stereocenters. The molecule has 7 heteroatoms. The van der Waals surface area contributed by atoms with Gasteiger partial charge >= 0.3 is 11.8 Å². The van der Waals surface area contributed by atoms with E-state index in [1.54, 1.807) is 47.0 Å². The number of hydrogen-bond donors (Lipinski definition) is 2. The van der Waals surface area contributed by atoms with E-state index < -0.39 is 6.09 Å². The van der Waals surface area contributed by atoms with E-state index >= 15 is 0 Å². The second-order valence-corrected chi connectivity index (χ2v) is 6.70. The van der Waals surface area contributed by atoms with Crippen molar-refractivity contribution in [3.05, 3.63) is 70.1 Å². The highest BCUT2D eigenvalue weighted by Crippen LogP contribution is 2.27. The van der Waals surface area contributed by atoms with Crippen molar-refractivity contribution in [3.8, 4) is 0 Å². The molecule has 1 aromatic heterocycles. The van der Waals surface area contributed by atoms with Crippen molar-refractivity contribution in [1.82, 2.24) is 14.5 Å². The summed E-state index contributed by atoms with van der Waals surface area (Å²) in [6.45, 7) is 0.738. The third kappa shape index (κ3) is 3.01. The van der Waals surface area contributed by atoms with Crippen LogP contribution in [0.4, 0.5) is 4.79 Å². The molecular formula is C20H19N3O4. The number of carbonyl (C=O) groups excluding carboxylic acids is 1. The van der Waals surface area contributed by atoms with E-state index in [0.29, 0.717) is 48.1 Å². The summed E-state index contributed by atoms with van der Waals surface area (Å²) in [5.74, 6) is -0.142. The topological polar surface area (TPSA) is 95.4 Å². The van der Waals surface area contributed by atoms with Gasteiger partial charge in [0.1, 0.15) is 0 Å². The molecule has 0 aliphatic carbocycles. The minimum absolute atomic E-state index is 0.142. The fourth-order valence-corrected chi connectivity index (χ4v) is 3.77. The Morgan fingerprint density at radius 3 is 2.37 bits per heavy atom. The summed E-state index contributed by atoms with van der Waals surface area (Å²) in [5.41, 5.74) is 1.96. The maximum Gasteiger partial charge on any atom is 0.407 e. The average Bonchev–Trinajstić information content (AvgIpc) is 3.04. The number of nitrogens with zero attached hydrogens (tertiary/aromatic N) is 2. The Morgan fingerprint density at radius 2 is 1.70 bits per heavy atom. The number of aromatic amines is 1. The van der Waals surface area contributed by atoms with Crippen molar-refractivity contribution in [2.75, 3.05) is 13.1 Å². The standard InChI is InChI=1S/C20H19N3O4/c24-18(13-5-2-1-3-6-13)15-7-4-8-16-17(15)23(19(25)21-16)14-9-11-22(12-10-14)20(26)27/h1-8,14H,9-12H2,(H,21,25)(H,26,27). The van der Waals surface area contributed by atoms with Gasteiger partial charge < -0.3 is 15.0 Å². The summed E-state index contributed by atoms with van der Waals surface area (Å²) in [6, 6.07) is 14.1. The van der Waals surface area contributed by atoms with Crippen molar-refractivity contribution in [1.29, 1.82) is 0 Å². The number of carboxylic acid groups (broad SMARTS) is 1. The SMILES string of the molecule is O=C(c1ccccc1)c1cccc2[nH]c(=O)n(C3CCN(C(=O)O)CC3)c12. The van der Waals surface area contributed by atoms with Crippen molar-refractivity contribution in [2.45, 2.75) is 18.9 Å². The van der Waals surface area contributed by atoms with Crippen LogP contribution in [0.25, 0.3) is 11.0 Å². The lowest BCUT2D eigenvalue weighted by Crippen LogP contribution is -2.39. The van der Waals surface area contributed by atoms with Gasteiger partial charge in [0.2, 0.25) is 0 Å². The van der Waals surface area contributed by atoms with Gasteiger partial charge in [-0.05, 0) is 25.0 Å². The van der Waals surface area contributed by atoms with E-state index in [2.05, 4.69) is 4.98 Å². The van der Waals surface area contributed by atoms with Gasteiger partial charge in [0.05, 0.1) is 11.0 Å². The number of fused-ring (bicyclic) bond motifs is 1. The molecule has 1 amide bonds. The molecule has 1 fully saturated rings. The Bertz CT molecular complexity index is 1060. The van der Waals surface area contributed by atoms with Gasteiger partial charge in [-0.15, -0.1) is 0 Å². The fraction of sp³-hybridized carbons (Fsp3) is 0.250. The first-order valence-corrected chi connectivity index (χ1v) is 8.87. The molecule has 1 aliphatic heterocycles. The van der Waals surface area contributed by atoms with Gasteiger partial charge in [0.25, 0.3) is 0 Å². The molecular weight excluding hydrogens is 346 g/mol. The molecule has 2 aromatic carbocycles. The molecule has 1 saturated heterocycles. The van der Waals surface area contributed by atoms with Crippen molar-refractivity contribution in [3.63, 3.8) is 0 Å². The molecule has 2 heterocycles. The lowest BCUT2D eigenvalue weighted by molar-refractivity contribution is 0.103. The van der Waals surface area contributed by atoms with Crippen LogP contribution in [0.2, 0.25) is 0 Å². The highest BCUT2D eigenvalue weighted by Gasteiger charge is 2.27. The van der Waals surface area contributed by atoms with Crippen molar-refractivity contribution < 1.29 is 14.7 Å². The second-order valence-electron chi connectivity index (χ2n) is 6.70. The van der Waals surface area contributed by atoms with Gasteiger partial charge in [0, 0.05) is 30.3 Å². The van der Waals surface area contributed by atoms with Gasteiger partial charge in [0.15, 0.2) is 5.78 Å². The Morgan fingerprint density at radius 1 is 1.00 bits per heavy atom. The molecule has 27 heavy (non-hydrogen) atoms. The predicted octanol–water partition coefficient (Wildman–Crippen LogP) is 2.88. The number of para-hydroxylation sites is 1. The number of piperidine rings is 1. The lowest BCUT2D eigenvalue weighted by Gasteiger charge is -2.30. The van der Waals surface area contributed by atoms with E-state index in [-0.39, 0.29) is 17.5 Å². The average molecular weight is 365 g/mol. The van der Waals surface area contributed by atoms with E-state index in [0.717, 1.165) is 0 Å². The number of imidazole rings is 1.